The van der Waals surface area contributed by atoms with Crippen molar-refractivity contribution in [2.75, 3.05) is 6.61 Å². The van der Waals surface area contributed by atoms with Gasteiger partial charge in [-0.3, -0.25) is 0 Å². The maximum absolute atomic E-state index is 12.1. The average Bonchev–Trinajstić information content (AvgIpc) is 3.09. The molecular formula is C25H28O3. The number of benzene rings is 2. The minimum Gasteiger partial charge on any atom is -0.494 e. The molecule has 0 spiro atoms. The van der Waals surface area contributed by atoms with Crippen LogP contribution in [0.25, 0.3) is 11.8 Å². The second kappa shape index (κ2) is 10.5. The molecule has 0 radical (unpaired) electrons. The van der Waals surface area contributed by atoms with Gasteiger partial charge in [-0.2, -0.15) is 0 Å². The molecule has 3 heteroatoms. The lowest BCUT2D eigenvalue weighted by Crippen LogP contribution is -1.98. The number of rotatable bonds is 10. The summed E-state index contributed by atoms with van der Waals surface area (Å²) in [5.41, 5.74) is 2.40. The fourth-order valence-corrected chi connectivity index (χ4v) is 3.15. The molecule has 3 nitrogen and oxygen atoms in total. The van der Waals surface area contributed by atoms with Crippen LogP contribution < -0.4 is 4.74 Å². The molecule has 2 aromatic carbocycles. The SMILES string of the molecule is CCCCCCCCOc1ccc(/C=C2/C=C(c3ccccc3)OC2=O)cc1. The van der Waals surface area contributed by atoms with E-state index in [-0.39, 0.29) is 5.97 Å². The summed E-state index contributed by atoms with van der Waals surface area (Å²) in [5, 5.41) is 0. The van der Waals surface area contributed by atoms with Crippen molar-refractivity contribution in [1.29, 1.82) is 0 Å². The van der Waals surface area contributed by atoms with Crippen LogP contribution in [0.15, 0.2) is 66.2 Å². The minimum atomic E-state index is -0.317. The van der Waals surface area contributed by atoms with E-state index in [4.69, 9.17) is 9.47 Å². The molecule has 3 rings (SSSR count). The number of carbonyl (C=O) groups excluding carboxylic acids is 1. The van der Waals surface area contributed by atoms with Gasteiger partial charge < -0.3 is 9.47 Å². The first-order valence-corrected chi connectivity index (χ1v) is 10.2. The average molecular weight is 376 g/mol. The molecule has 0 unspecified atom stereocenters. The Morgan fingerprint density at radius 3 is 2.36 bits per heavy atom. The van der Waals surface area contributed by atoms with Crippen molar-refractivity contribution in [1.82, 2.24) is 0 Å². The smallest absolute Gasteiger partial charge is 0.343 e. The fraction of sp³-hybridized carbons (Fsp3) is 0.320. The summed E-state index contributed by atoms with van der Waals surface area (Å²) in [7, 11) is 0. The van der Waals surface area contributed by atoms with Crippen molar-refractivity contribution >= 4 is 17.8 Å². The Morgan fingerprint density at radius 1 is 0.893 bits per heavy atom. The maximum atomic E-state index is 12.1. The maximum Gasteiger partial charge on any atom is 0.343 e. The highest BCUT2D eigenvalue weighted by Gasteiger charge is 2.21. The van der Waals surface area contributed by atoms with Gasteiger partial charge in [-0.15, -0.1) is 0 Å². The number of cyclic esters (lactones) is 1. The Balaban J connectivity index is 1.52. The lowest BCUT2D eigenvalue weighted by atomic mass is 10.1. The van der Waals surface area contributed by atoms with Crippen molar-refractivity contribution < 1.29 is 14.3 Å². The van der Waals surface area contributed by atoms with Crippen molar-refractivity contribution in [2.45, 2.75) is 45.4 Å². The third kappa shape index (κ3) is 5.85. The van der Waals surface area contributed by atoms with Crippen LogP contribution in [-0.2, 0) is 9.53 Å². The van der Waals surface area contributed by atoms with Gasteiger partial charge in [0.1, 0.15) is 11.5 Å². The Kier molecular flexibility index (Phi) is 7.48. The normalized spacial score (nSPS) is 14.8. The van der Waals surface area contributed by atoms with Crippen LogP contribution in [-0.4, -0.2) is 12.6 Å². The highest BCUT2D eigenvalue weighted by Crippen LogP contribution is 2.27. The van der Waals surface area contributed by atoms with Crippen LogP contribution in [0.5, 0.6) is 5.75 Å². The molecule has 0 aliphatic carbocycles. The molecule has 0 saturated carbocycles. The number of carbonyl (C=O) groups is 1. The van der Waals surface area contributed by atoms with Gasteiger partial charge in [-0.25, -0.2) is 4.79 Å². The van der Waals surface area contributed by atoms with Crippen LogP contribution in [0.3, 0.4) is 0 Å². The predicted octanol–water partition coefficient (Wildman–Crippen LogP) is 6.41. The third-order valence-electron chi connectivity index (χ3n) is 4.75. The molecule has 0 fully saturated rings. The van der Waals surface area contributed by atoms with E-state index in [1.54, 1.807) is 6.08 Å². The summed E-state index contributed by atoms with van der Waals surface area (Å²) in [6.45, 7) is 2.99. The lowest BCUT2D eigenvalue weighted by Gasteiger charge is -2.06. The van der Waals surface area contributed by atoms with Gasteiger partial charge in [0.2, 0.25) is 0 Å². The second-order valence-electron chi connectivity index (χ2n) is 7.05. The summed E-state index contributed by atoms with van der Waals surface area (Å²) in [5.74, 6) is 1.14. The Bertz CT molecular complexity index is 817. The lowest BCUT2D eigenvalue weighted by molar-refractivity contribution is -0.130. The number of ether oxygens (including phenoxy) is 2. The molecule has 1 aliphatic rings. The van der Waals surface area contributed by atoms with Crippen LogP contribution in [0.4, 0.5) is 0 Å². The highest BCUT2D eigenvalue weighted by molar-refractivity contribution is 6.05. The Hall–Kier alpha value is -2.81. The van der Waals surface area contributed by atoms with E-state index in [2.05, 4.69) is 6.92 Å². The van der Waals surface area contributed by atoms with E-state index in [0.717, 1.165) is 29.9 Å². The van der Waals surface area contributed by atoms with Crippen LogP contribution in [0.2, 0.25) is 0 Å². The summed E-state index contributed by atoms with van der Waals surface area (Å²) >= 11 is 0. The van der Waals surface area contributed by atoms with E-state index < -0.39 is 0 Å². The second-order valence-corrected chi connectivity index (χ2v) is 7.05. The van der Waals surface area contributed by atoms with Gasteiger partial charge in [-0.1, -0.05) is 81.5 Å². The van der Waals surface area contributed by atoms with Crippen LogP contribution in [0.1, 0.15) is 56.6 Å². The molecule has 146 valence electrons. The van der Waals surface area contributed by atoms with E-state index in [9.17, 15) is 4.79 Å². The molecule has 2 aromatic rings. The molecule has 0 atom stereocenters. The molecule has 0 aromatic heterocycles. The number of unbranched alkanes of at least 4 members (excludes halogenated alkanes) is 5. The number of esters is 1. The van der Waals surface area contributed by atoms with Crippen molar-refractivity contribution in [2.24, 2.45) is 0 Å². The molecule has 1 heterocycles. The van der Waals surface area contributed by atoms with Crippen LogP contribution >= 0.6 is 0 Å². The molecule has 0 amide bonds. The third-order valence-corrected chi connectivity index (χ3v) is 4.75. The quantitative estimate of drug-likeness (QED) is 0.273. The number of hydrogen-bond donors (Lipinski definition) is 0. The van der Waals surface area contributed by atoms with E-state index in [1.807, 2.05) is 60.7 Å². The van der Waals surface area contributed by atoms with Crippen molar-refractivity contribution in [3.8, 4) is 5.75 Å². The molecule has 28 heavy (non-hydrogen) atoms. The van der Waals surface area contributed by atoms with Gasteiger partial charge in [0.25, 0.3) is 0 Å². The summed E-state index contributed by atoms with van der Waals surface area (Å²) < 4.78 is 11.2. The first kappa shape index (κ1) is 19.9. The van der Waals surface area contributed by atoms with Crippen molar-refractivity contribution in [3.05, 3.63) is 77.4 Å². The summed E-state index contributed by atoms with van der Waals surface area (Å²) in [6, 6.07) is 17.5. The van der Waals surface area contributed by atoms with Gasteiger partial charge in [0.05, 0.1) is 12.2 Å². The molecular weight excluding hydrogens is 348 g/mol. The monoisotopic (exact) mass is 376 g/mol. The van der Waals surface area contributed by atoms with E-state index in [0.29, 0.717) is 11.3 Å². The molecule has 1 aliphatic heterocycles. The Morgan fingerprint density at radius 2 is 1.61 bits per heavy atom. The van der Waals surface area contributed by atoms with Gasteiger partial charge >= 0.3 is 5.97 Å². The van der Waals surface area contributed by atoms with Gasteiger partial charge in [0, 0.05) is 5.56 Å². The van der Waals surface area contributed by atoms with Crippen molar-refractivity contribution in [3.63, 3.8) is 0 Å². The first-order valence-electron chi connectivity index (χ1n) is 10.2. The largest absolute Gasteiger partial charge is 0.494 e. The summed E-state index contributed by atoms with van der Waals surface area (Å²) in [6.07, 6.45) is 11.2. The number of hydrogen-bond acceptors (Lipinski definition) is 3. The standard InChI is InChI=1S/C25H28O3/c1-2-3-4-5-6-10-17-27-23-15-13-20(14-16-23)18-22-19-24(28-25(22)26)21-11-8-7-9-12-21/h7-9,11-16,18-19H,2-6,10,17H2,1H3/b22-18-. The fourth-order valence-electron chi connectivity index (χ4n) is 3.15. The van der Waals surface area contributed by atoms with Crippen LogP contribution in [0, 0.1) is 0 Å². The molecule has 0 N–H and O–H groups in total. The molecule has 0 saturated heterocycles. The van der Waals surface area contributed by atoms with E-state index in [1.165, 1.54) is 32.1 Å². The zero-order valence-corrected chi connectivity index (χ0v) is 16.5. The summed E-state index contributed by atoms with van der Waals surface area (Å²) in [4.78, 5) is 12.1. The minimum absolute atomic E-state index is 0.317. The van der Waals surface area contributed by atoms with Gasteiger partial charge in [0.15, 0.2) is 0 Å². The van der Waals surface area contributed by atoms with Gasteiger partial charge in [-0.05, 0) is 36.3 Å². The van der Waals surface area contributed by atoms with E-state index >= 15 is 0 Å². The zero-order chi connectivity index (χ0) is 19.6. The topological polar surface area (TPSA) is 35.5 Å². The molecule has 0 bridgehead atoms. The highest BCUT2D eigenvalue weighted by atomic mass is 16.5. The zero-order valence-electron chi connectivity index (χ0n) is 16.5. The predicted molar refractivity (Wildman–Crippen MR) is 114 cm³/mol. The first-order chi connectivity index (χ1) is 13.8. The Labute approximate surface area is 167 Å².